The van der Waals surface area contributed by atoms with Crippen LogP contribution in [0, 0.1) is 0 Å². The van der Waals surface area contributed by atoms with Gasteiger partial charge in [0.2, 0.25) is 5.91 Å². The van der Waals surface area contributed by atoms with Crippen LogP contribution in [0.5, 0.6) is 0 Å². The number of hydrogen-bond donors (Lipinski definition) is 2. The number of hydrogen-bond acceptors (Lipinski definition) is 4. The quantitative estimate of drug-likeness (QED) is 0.802. The first-order valence-electron chi connectivity index (χ1n) is 8.85. The number of aliphatic hydroxyl groups is 2. The molecular formula is C19H25ClN2O3. The number of amides is 1. The second kappa shape index (κ2) is 8.32. The summed E-state index contributed by atoms with van der Waals surface area (Å²) in [4.78, 5) is 16.3. The number of carbonyl (C=O) groups excluding carboxylic acids is 1. The number of piperidine rings is 2. The summed E-state index contributed by atoms with van der Waals surface area (Å²) in [7, 11) is 0. The molecule has 2 fully saturated rings. The molecule has 2 saturated heterocycles. The molecule has 6 heteroatoms. The van der Waals surface area contributed by atoms with Gasteiger partial charge in [0.25, 0.3) is 0 Å². The van der Waals surface area contributed by atoms with Gasteiger partial charge in [0.05, 0.1) is 12.2 Å². The first kappa shape index (κ1) is 18.4. The molecule has 2 aliphatic rings. The van der Waals surface area contributed by atoms with Crippen LogP contribution in [0.25, 0.3) is 6.08 Å². The summed E-state index contributed by atoms with van der Waals surface area (Å²) in [6, 6.07) is 7.37. The Labute approximate surface area is 153 Å². The molecule has 0 spiro atoms. The Hall–Kier alpha value is -1.40. The highest BCUT2D eigenvalue weighted by Gasteiger charge is 2.34. The number of carbonyl (C=O) groups is 1. The van der Waals surface area contributed by atoms with E-state index >= 15 is 0 Å². The van der Waals surface area contributed by atoms with Gasteiger partial charge in [-0.3, -0.25) is 9.69 Å². The van der Waals surface area contributed by atoms with Crippen LogP contribution >= 0.6 is 11.6 Å². The summed E-state index contributed by atoms with van der Waals surface area (Å²) in [6.07, 6.45) is 4.84. The minimum atomic E-state index is -0.545. The Morgan fingerprint density at radius 3 is 2.40 bits per heavy atom. The molecule has 2 atom stereocenters. The average Bonchev–Trinajstić information content (AvgIpc) is 2.62. The number of halogens is 1. The third kappa shape index (κ3) is 4.82. The third-order valence-electron chi connectivity index (χ3n) is 5.11. The van der Waals surface area contributed by atoms with E-state index in [1.54, 1.807) is 29.2 Å². The van der Waals surface area contributed by atoms with Crippen molar-refractivity contribution in [3.05, 3.63) is 40.9 Å². The predicted molar refractivity (Wildman–Crippen MR) is 98.3 cm³/mol. The molecule has 0 radical (unpaired) electrons. The number of aliphatic hydroxyl groups excluding tert-OH is 2. The molecular weight excluding hydrogens is 340 g/mol. The van der Waals surface area contributed by atoms with Gasteiger partial charge in [-0.15, -0.1) is 0 Å². The zero-order valence-corrected chi connectivity index (χ0v) is 15.0. The third-order valence-corrected chi connectivity index (χ3v) is 5.37. The summed E-state index contributed by atoms with van der Waals surface area (Å²) in [5, 5.41) is 20.8. The maximum atomic E-state index is 12.4. The average molecular weight is 365 g/mol. The van der Waals surface area contributed by atoms with Crippen molar-refractivity contribution in [2.45, 2.75) is 37.5 Å². The van der Waals surface area contributed by atoms with E-state index in [4.69, 9.17) is 11.6 Å². The molecule has 0 unspecified atom stereocenters. The van der Waals surface area contributed by atoms with Gasteiger partial charge in [-0.2, -0.15) is 0 Å². The molecule has 2 heterocycles. The van der Waals surface area contributed by atoms with Gasteiger partial charge < -0.3 is 15.1 Å². The van der Waals surface area contributed by atoms with Gasteiger partial charge in [0.15, 0.2) is 0 Å². The summed E-state index contributed by atoms with van der Waals surface area (Å²) in [6.45, 7) is 2.62. The molecule has 0 saturated carbocycles. The van der Waals surface area contributed by atoms with E-state index in [0.29, 0.717) is 18.1 Å². The maximum absolute atomic E-state index is 12.4. The molecule has 0 bridgehead atoms. The topological polar surface area (TPSA) is 64.0 Å². The molecule has 25 heavy (non-hydrogen) atoms. The number of likely N-dealkylation sites (tertiary alicyclic amines) is 2. The lowest BCUT2D eigenvalue weighted by molar-refractivity contribution is -0.131. The zero-order chi connectivity index (χ0) is 17.8. The van der Waals surface area contributed by atoms with Crippen LogP contribution < -0.4 is 0 Å². The SMILES string of the molecule is O=C(C=Cc1ccc(Cl)cc1)N1CC[C@@H](N2CCC(O)CC2)[C@H](O)C1. The van der Waals surface area contributed by atoms with Crippen molar-refractivity contribution in [2.75, 3.05) is 26.2 Å². The Morgan fingerprint density at radius 1 is 1.08 bits per heavy atom. The van der Waals surface area contributed by atoms with Crippen molar-refractivity contribution in [3.8, 4) is 0 Å². The normalized spacial score (nSPS) is 26.3. The Kier molecular flexibility index (Phi) is 6.12. The van der Waals surface area contributed by atoms with Gasteiger partial charge >= 0.3 is 0 Å². The zero-order valence-electron chi connectivity index (χ0n) is 14.2. The highest BCUT2D eigenvalue weighted by atomic mass is 35.5. The molecule has 1 aromatic carbocycles. The van der Waals surface area contributed by atoms with Crippen LogP contribution in [0.15, 0.2) is 30.3 Å². The minimum Gasteiger partial charge on any atom is -0.393 e. The molecule has 1 amide bonds. The summed E-state index contributed by atoms with van der Waals surface area (Å²) >= 11 is 5.85. The molecule has 3 rings (SSSR count). The predicted octanol–water partition coefficient (Wildman–Crippen LogP) is 1.77. The Morgan fingerprint density at radius 2 is 1.76 bits per heavy atom. The second-order valence-corrected chi connectivity index (χ2v) is 7.30. The summed E-state index contributed by atoms with van der Waals surface area (Å²) < 4.78 is 0. The minimum absolute atomic E-state index is 0.0804. The van der Waals surface area contributed by atoms with E-state index in [9.17, 15) is 15.0 Å². The van der Waals surface area contributed by atoms with E-state index < -0.39 is 6.10 Å². The van der Waals surface area contributed by atoms with Crippen LogP contribution in [0.1, 0.15) is 24.8 Å². The van der Waals surface area contributed by atoms with E-state index in [2.05, 4.69) is 4.90 Å². The highest BCUT2D eigenvalue weighted by molar-refractivity contribution is 6.30. The molecule has 1 aromatic rings. The molecule has 5 nitrogen and oxygen atoms in total. The van der Waals surface area contributed by atoms with Gasteiger partial charge in [-0.1, -0.05) is 23.7 Å². The molecule has 2 aliphatic heterocycles. The fraction of sp³-hybridized carbons (Fsp3) is 0.526. The monoisotopic (exact) mass is 364 g/mol. The largest absolute Gasteiger partial charge is 0.393 e. The van der Waals surface area contributed by atoms with Crippen molar-refractivity contribution >= 4 is 23.6 Å². The van der Waals surface area contributed by atoms with Crippen molar-refractivity contribution in [1.29, 1.82) is 0 Å². The van der Waals surface area contributed by atoms with Crippen LogP contribution in [0.2, 0.25) is 5.02 Å². The van der Waals surface area contributed by atoms with E-state index in [1.165, 1.54) is 0 Å². The van der Waals surface area contributed by atoms with Gasteiger partial charge in [0, 0.05) is 43.3 Å². The van der Waals surface area contributed by atoms with Crippen molar-refractivity contribution < 1.29 is 15.0 Å². The smallest absolute Gasteiger partial charge is 0.246 e. The van der Waals surface area contributed by atoms with Crippen molar-refractivity contribution in [2.24, 2.45) is 0 Å². The molecule has 0 aromatic heterocycles. The highest BCUT2D eigenvalue weighted by Crippen LogP contribution is 2.22. The van der Waals surface area contributed by atoms with E-state index in [-0.39, 0.29) is 18.1 Å². The number of nitrogens with zero attached hydrogens (tertiary/aromatic N) is 2. The lowest BCUT2D eigenvalue weighted by Gasteiger charge is -2.43. The van der Waals surface area contributed by atoms with Crippen LogP contribution in [-0.2, 0) is 4.79 Å². The molecule has 0 aliphatic carbocycles. The van der Waals surface area contributed by atoms with Gasteiger partial charge in [0.1, 0.15) is 0 Å². The number of benzene rings is 1. The van der Waals surface area contributed by atoms with Gasteiger partial charge in [-0.25, -0.2) is 0 Å². The first-order valence-corrected chi connectivity index (χ1v) is 9.23. The summed E-state index contributed by atoms with van der Waals surface area (Å²) in [5.41, 5.74) is 0.917. The maximum Gasteiger partial charge on any atom is 0.246 e. The Bertz CT molecular complexity index is 612. The number of β-amino-alcohol motifs (C(OH)–C–C–N with tert-alkyl or cyclic N) is 1. The number of rotatable bonds is 3. The lowest BCUT2D eigenvalue weighted by atomic mass is 9.96. The van der Waals surface area contributed by atoms with Crippen molar-refractivity contribution in [1.82, 2.24) is 9.80 Å². The fourth-order valence-corrected chi connectivity index (χ4v) is 3.74. The molecule has 136 valence electrons. The standard InChI is InChI=1S/C19H25ClN2O3/c20-15-4-1-14(2-5-15)3-6-19(25)22-12-9-17(18(24)13-22)21-10-7-16(23)8-11-21/h1-6,16-18,23-24H,7-13H2/t17-,18-/m1/s1. The lowest BCUT2D eigenvalue weighted by Crippen LogP contribution is -2.56. The second-order valence-electron chi connectivity index (χ2n) is 6.86. The van der Waals surface area contributed by atoms with Crippen molar-refractivity contribution in [3.63, 3.8) is 0 Å². The van der Waals surface area contributed by atoms with Gasteiger partial charge in [-0.05, 0) is 43.0 Å². The van der Waals surface area contributed by atoms with Crippen LogP contribution in [0.4, 0.5) is 0 Å². The fourth-order valence-electron chi connectivity index (χ4n) is 3.61. The summed E-state index contributed by atoms with van der Waals surface area (Å²) in [5.74, 6) is -0.0819. The van der Waals surface area contributed by atoms with Crippen LogP contribution in [-0.4, -0.2) is 70.3 Å². The molecule has 2 N–H and O–H groups in total. The first-order chi connectivity index (χ1) is 12.0. The van der Waals surface area contributed by atoms with E-state index in [0.717, 1.165) is 37.9 Å². The van der Waals surface area contributed by atoms with E-state index in [1.807, 2.05) is 12.1 Å². The Balaban J connectivity index is 1.53. The van der Waals surface area contributed by atoms with Crippen LogP contribution in [0.3, 0.4) is 0 Å².